The smallest absolute Gasteiger partial charge is 0.226 e. The molecule has 0 unspecified atom stereocenters. The van der Waals surface area contributed by atoms with E-state index in [1.54, 1.807) is 0 Å². The molecule has 2 rings (SSSR count). The summed E-state index contributed by atoms with van der Waals surface area (Å²) in [5.41, 5.74) is 0.868. The van der Waals surface area contributed by atoms with Gasteiger partial charge >= 0.3 is 0 Å². The molecule has 0 atom stereocenters. The normalized spacial score (nSPS) is 16.1. The molecule has 1 saturated heterocycles. The van der Waals surface area contributed by atoms with Crippen LogP contribution in [0.15, 0.2) is 24.3 Å². The van der Waals surface area contributed by atoms with Gasteiger partial charge in [-0.1, -0.05) is 12.1 Å². The summed E-state index contributed by atoms with van der Waals surface area (Å²) in [6, 6.07) is 7.87. The summed E-state index contributed by atoms with van der Waals surface area (Å²) in [5.74, 6) is 1.10. The average molecular weight is 275 g/mol. The van der Waals surface area contributed by atoms with Crippen LogP contribution in [0.3, 0.4) is 0 Å². The van der Waals surface area contributed by atoms with Gasteiger partial charge in [-0.15, -0.1) is 0 Å². The number of piperidine rings is 1. The van der Waals surface area contributed by atoms with Crippen LogP contribution in [0.1, 0.15) is 45.6 Å². The number of nitrogens with zero attached hydrogens (tertiary/aromatic N) is 1. The number of ether oxygens (including phenoxy) is 1. The van der Waals surface area contributed by atoms with Gasteiger partial charge in [0, 0.05) is 13.1 Å². The van der Waals surface area contributed by atoms with E-state index in [4.69, 9.17) is 4.74 Å². The van der Waals surface area contributed by atoms with Crippen molar-refractivity contribution in [3.8, 4) is 5.75 Å². The summed E-state index contributed by atoms with van der Waals surface area (Å²) in [7, 11) is 0. The maximum atomic E-state index is 12.2. The molecule has 1 aliphatic rings. The van der Waals surface area contributed by atoms with Gasteiger partial charge in [-0.3, -0.25) is 4.79 Å². The van der Waals surface area contributed by atoms with E-state index in [1.165, 1.54) is 6.42 Å². The largest absolute Gasteiger partial charge is 0.488 e. The first-order valence-electron chi connectivity index (χ1n) is 7.50. The Kier molecular flexibility index (Phi) is 4.69. The molecular weight excluding hydrogens is 250 g/mol. The average Bonchev–Trinajstić information content (AvgIpc) is 2.40. The highest BCUT2D eigenvalue weighted by Gasteiger charge is 2.17. The first-order chi connectivity index (χ1) is 9.44. The van der Waals surface area contributed by atoms with Gasteiger partial charge < -0.3 is 9.64 Å². The number of carbonyl (C=O) groups is 1. The third-order valence-corrected chi connectivity index (χ3v) is 3.41. The number of rotatable bonds is 3. The van der Waals surface area contributed by atoms with Crippen LogP contribution in [0.4, 0.5) is 0 Å². The van der Waals surface area contributed by atoms with Crippen molar-refractivity contribution in [3.05, 3.63) is 29.8 Å². The van der Waals surface area contributed by atoms with E-state index in [1.807, 2.05) is 49.9 Å². The molecule has 0 N–H and O–H groups in total. The van der Waals surface area contributed by atoms with Crippen molar-refractivity contribution in [1.82, 2.24) is 4.90 Å². The molecule has 1 heterocycles. The number of amides is 1. The van der Waals surface area contributed by atoms with Crippen molar-refractivity contribution in [2.45, 2.75) is 52.1 Å². The van der Waals surface area contributed by atoms with Gasteiger partial charge in [0.15, 0.2) is 0 Å². The predicted octanol–water partition coefficient (Wildman–Crippen LogP) is 3.42. The number of hydrogen-bond acceptors (Lipinski definition) is 2. The van der Waals surface area contributed by atoms with Gasteiger partial charge in [0.2, 0.25) is 5.91 Å². The highest BCUT2D eigenvalue weighted by atomic mass is 16.5. The third kappa shape index (κ3) is 4.55. The molecule has 0 spiro atoms. The fourth-order valence-corrected chi connectivity index (χ4v) is 2.46. The summed E-state index contributed by atoms with van der Waals surface area (Å²) in [5, 5.41) is 0. The van der Waals surface area contributed by atoms with E-state index < -0.39 is 0 Å². The lowest BCUT2D eigenvalue weighted by atomic mass is 10.1. The minimum atomic E-state index is -0.189. The van der Waals surface area contributed by atoms with Gasteiger partial charge in [-0.25, -0.2) is 0 Å². The fraction of sp³-hybridized carbons (Fsp3) is 0.588. The molecule has 1 fully saturated rings. The molecule has 0 saturated carbocycles. The Bertz CT molecular complexity index is 439. The first kappa shape index (κ1) is 14.9. The molecule has 1 aromatic carbocycles. The second-order valence-corrected chi connectivity index (χ2v) is 6.48. The molecule has 110 valence electrons. The Balaban J connectivity index is 1.91. The van der Waals surface area contributed by atoms with Gasteiger partial charge in [-0.05, 0) is 57.7 Å². The van der Waals surface area contributed by atoms with Crippen molar-refractivity contribution >= 4 is 5.91 Å². The van der Waals surface area contributed by atoms with Crippen LogP contribution in [-0.4, -0.2) is 29.5 Å². The lowest BCUT2D eigenvalue weighted by Gasteiger charge is -2.26. The minimum Gasteiger partial charge on any atom is -0.488 e. The van der Waals surface area contributed by atoms with Crippen LogP contribution in [-0.2, 0) is 11.2 Å². The summed E-state index contributed by atoms with van der Waals surface area (Å²) in [4.78, 5) is 14.2. The molecule has 20 heavy (non-hydrogen) atoms. The van der Waals surface area contributed by atoms with Crippen LogP contribution in [0.2, 0.25) is 0 Å². The van der Waals surface area contributed by atoms with E-state index >= 15 is 0 Å². The van der Waals surface area contributed by atoms with Crippen molar-refractivity contribution in [1.29, 1.82) is 0 Å². The Morgan fingerprint density at radius 1 is 1.10 bits per heavy atom. The Morgan fingerprint density at radius 3 is 2.25 bits per heavy atom. The molecule has 0 aliphatic carbocycles. The van der Waals surface area contributed by atoms with E-state index in [9.17, 15) is 4.79 Å². The summed E-state index contributed by atoms with van der Waals surface area (Å²) >= 11 is 0. The summed E-state index contributed by atoms with van der Waals surface area (Å²) in [6.07, 6.45) is 4.03. The standard InChI is InChI=1S/C17H25NO2/c1-17(2,3)20-15-9-7-14(8-10-15)13-16(19)18-11-5-4-6-12-18/h7-10H,4-6,11-13H2,1-3H3. The fourth-order valence-electron chi connectivity index (χ4n) is 2.46. The predicted molar refractivity (Wildman–Crippen MR) is 81.0 cm³/mol. The van der Waals surface area contributed by atoms with Crippen LogP contribution in [0.5, 0.6) is 5.75 Å². The zero-order valence-electron chi connectivity index (χ0n) is 12.8. The quantitative estimate of drug-likeness (QED) is 0.846. The monoisotopic (exact) mass is 275 g/mol. The Hall–Kier alpha value is -1.51. The van der Waals surface area contributed by atoms with Crippen molar-refractivity contribution in [3.63, 3.8) is 0 Å². The summed E-state index contributed by atoms with van der Waals surface area (Å²) in [6.45, 7) is 7.93. The highest BCUT2D eigenvalue weighted by molar-refractivity contribution is 5.78. The first-order valence-corrected chi connectivity index (χ1v) is 7.50. The molecule has 0 radical (unpaired) electrons. The molecular formula is C17H25NO2. The van der Waals surface area contributed by atoms with Crippen LogP contribution < -0.4 is 4.74 Å². The van der Waals surface area contributed by atoms with E-state index in [0.29, 0.717) is 6.42 Å². The van der Waals surface area contributed by atoms with Crippen molar-refractivity contribution in [2.75, 3.05) is 13.1 Å². The Labute approximate surface area is 121 Å². The second kappa shape index (κ2) is 6.29. The highest BCUT2D eigenvalue weighted by Crippen LogP contribution is 2.19. The third-order valence-electron chi connectivity index (χ3n) is 3.41. The van der Waals surface area contributed by atoms with E-state index in [0.717, 1.165) is 37.2 Å². The zero-order valence-corrected chi connectivity index (χ0v) is 12.8. The number of benzene rings is 1. The molecule has 1 aliphatic heterocycles. The van der Waals surface area contributed by atoms with Crippen LogP contribution in [0, 0.1) is 0 Å². The van der Waals surface area contributed by atoms with Crippen molar-refractivity contribution in [2.24, 2.45) is 0 Å². The van der Waals surface area contributed by atoms with Gasteiger partial charge in [0.1, 0.15) is 11.4 Å². The van der Waals surface area contributed by atoms with Gasteiger partial charge in [0.05, 0.1) is 6.42 Å². The molecule has 0 bridgehead atoms. The maximum Gasteiger partial charge on any atom is 0.226 e. The topological polar surface area (TPSA) is 29.5 Å². The SMILES string of the molecule is CC(C)(C)Oc1ccc(CC(=O)N2CCCCC2)cc1. The van der Waals surface area contributed by atoms with Crippen LogP contribution in [0.25, 0.3) is 0 Å². The lowest BCUT2D eigenvalue weighted by Crippen LogP contribution is -2.36. The summed E-state index contributed by atoms with van der Waals surface area (Å²) < 4.78 is 5.78. The lowest BCUT2D eigenvalue weighted by molar-refractivity contribution is -0.131. The van der Waals surface area contributed by atoms with Crippen molar-refractivity contribution < 1.29 is 9.53 Å². The Morgan fingerprint density at radius 2 is 1.70 bits per heavy atom. The second-order valence-electron chi connectivity index (χ2n) is 6.48. The number of hydrogen-bond donors (Lipinski definition) is 0. The molecule has 0 aromatic heterocycles. The zero-order chi connectivity index (χ0) is 14.6. The molecule has 1 aromatic rings. The molecule has 3 nitrogen and oxygen atoms in total. The van der Waals surface area contributed by atoms with Crippen LogP contribution >= 0.6 is 0 Å². The maximum absolute atomic E-state index is 12.2. The molecule has 1 amide bonds. The number of carbonyl (C=O) groups excluding carboxylic acids is 1. The van der Waals surface area contributed by atoms with E-state index in [2.05, 4.69) is 0 Å². The van der Waals surface area contributed by atoms with Gasteiger partial charge in [-0.2, -0.15) is 0 Å². The van der Waals surface area contributed by atoms with Gasteiger partial charge in [0.25, 0.3) is 0 Å². The minimum absolute atomic E-state index is 0.189. The number of likely N-dealkylation sites (tertiary alicyclic amines) is 1. The molecule has 3 heteroatoms. The van der Waals surface area contributed by atoms with E-state index in [-0.39, 0.29) is 11.5 Å².